The Morgan fingerprint density at radius 3 is 2.38 bits per heavy atom. The Bertz CT molecular complexity index is 521. The highest BCUT2D eigenvalue weighted by atomic mass is 16.1. The number of ketones is 1. The summed E-state index contributed by atoms with van der Waals surface area (Å²) in [5.74, 6) is 0.966. The molecule has 1 fully saturated rings. The van der Waals surface area contributed by atoms with Gasteiger partial charge in [0.15, 0.2) is 5.78 Å². The number of hydrogen-bond donors (Lipinski definition) is 0. The lowest BCUT2D eigenvalue weighted by molar-refractivity contribution is 0.0850. The molecule has 1 aliphatic rings. The van der Waals surface area contributed by atoms with Crippen LogP contribution in [0, 0.1) is 26.7 Å². The van der Waals surface area contributed by atoms with E-state index in [1.165, 1.54) is 36.8 Å². The first kappa shape index (κ1) is 16.2. The third kappa shape index (κ3) is 3.74. The van der Waals surface area contributed by atoms with Crippen molar-refractivity contribution in [1.82, 2.24) is 4.90 Å². The van der Waals surface area contributed by atoms with E-state index in [2.05, 4.69) is 44.9 Å². The van der Waals surface area contributed by atoms with E-state index in [-0.39, 0.29) is 5.78 Å². The largest absolute Gasteiger partial charge is 0.296 e. The van der Waals surface area contributed by atoms with Crippen molar-refractivity contribution >= 4 is 5.78 Å². The van der Waals surface area contributed by atoms with E-state index in [0.29, 0.717) is 18.5 Å². The van der Waals surface area contributed by atoms with Crippen molar-refractivity contribution < 1.29 is 4.79 Å². The molecule has 2 nitrogen and oxygen atoms in total. The predicted molar refractivity (Wildman–Crippen MR) is 89.0 cm³/mol. The van der Waals surface area contributed by atoms with E-state index in [1.807, 2.05) is 6.92 Å². The standard InChI is InChI=1S/C19H29NO/c1-13-8-6-7-9-18(13)20(5)12-19(21)17-11-15(3)14(2)10-16(17)4/h10-11,13,18H,6-9,12H2,1-5H3. The first-order valence-electron chi connectivity index (χ1n) is 8.21. The zero-order valence-corrected chi connectivity index (χ0v) is 14.2. The molecule has 0 saturated heterocycles. The molecule has 0 aliphatic heterocycles. The summed E-state index contributed by atoms with van der Waals surface area (Å²) in [5.41, 5.74) is 4.47. The summed E-state index contributed by atoms with van der Waals surface area (Å²) in [4.78, 5) is 14.9. The number of aryl methyl sites for hydroxylation is 3. The zero-order valence-electron chi connectivity index (χ0n) is 14.2. The van der Waals surface area contributed by atoms with E-state index < -0.39 is 0 Å². The highest BCUT2D eigenvalue weighted by molar-refractivity contribution is 5.99. The minimum atomic E-state index is 0.260. The molecule has 2 unspecified atom stereocenters. The molecule has 1 saturated carbocycles. The molecule has 2 atom stereocenters. The Morgan fingerprint density at radius 1 is 1.10 bits per heavy atom. The molecule has 2 heteroatoms. The molecule has 0 amide bonds. The van der Waals surface area contributed by atoms with Crippen molar-refractivity contribution in [1.29, 1.82) is 0 Å². The van der Waals surface area contributed by atoms with Gasteiger partial charge in [-0.15, -0.1) is 0 Å². The molecule has 1 aromatic carbocycles. The third-order valence-corrected chi connectivity index (χ3v) is 5.17. The molecular formula is C19H29NO. The van der Waals surface area contributed by atoms with E-state index >= 15 is 0 Å². The Labute approximate surface area is 129 Å². The predicted octanol–water partition coefficient (Wildman–Crippen LogP) is 4.31. The molecule has 2 rings (SSSR count). The Morgan fingerprint density at radius 2 is 1.71 bits per heavy atom. The second-order valence-electron chi connectivity index (χ2n) is 6.92. The molecule has 0 aromatic heterocycles. The third-order valence-electron chi connectivity index (χ3n) is 5.17. The minimum absolute atomic E-state index is 0.260. The number of rotatable bonds is 4. The Hall–Kier alpha value is -1.15. The first-order chi connectivity index (χ1) is 9.90. The average molecular weight is 287 g/mol. The van der Waals surface area contributed by atoms with Gasteiger partial charge >= 0.3 is 0 Å². The summed E-state index contributed by atoms with van der Waals surface area (Å²) >= 11 is 0. The maximum absolute atomic E-state index is 12.6. The van der Waals surface area contributed by atoms with Crippen LogP contribution in [0.3, 0.4) is 0 Å². The number of likely N-dealkylation sites (N-methyl/N-ethyl adjacent to an activating group) is 1. The minimum Gasteiger partial charge on any atom is -0.296 e. The number of Topliss-reactive ketones (excluding diaryl/α,β-unsaturated/α-hetero) is 1. The van der Waals surface area contributed by atoms with Gasteiger partial charge in [0, 0.05) is 11.6 Å². The second-order valence-corrected chi connectivity index (χ2v) is 6.92. The smallest absolute Gasteiger partial charge is 0.177 e. The van der Waals surface area contributed by atoms with Crippen LogP contribution in [-0.4, -0.2) is 30.3 Å². The quantitative estimate of drug-likeness (QED) is 0.769. The highest BCUT2D eigenvalue weighted by Gasteiger charge is 2.26. The Balaban J connectivity index is 2.09. The molecule has 0 heterocycles. The molecule has 0 spiro atoms. The molecule has 0 radical (unpaired) electrons. The number of hydrogen-bond acceptors (Lipinski definition) is 2. The van der Waals surface area contributed by atoms with Gasteiger partial charge in [0.1, 0.15) is 0 Å². The van der Waals surface area contributed by atoms with Gasteiger partial charge in [0.2, 0.25) is 0 Å². The summed E-state index contributed by atoms with van der Waals surface area (Å²) < 4.78 is 0. The average Bonchev–Trinajstić information content (AvgIpc) is 2.43. The maximum Gasteiger partial charge on any atom is 0.177 e. The van der Waals surface area contributed by atoms with Crippen molar-refractivity contribution in [3.8, 4) is 0 Å². The van der Waals surface area contributed by atoms with Crippen LogP contribution in [0.1, 0.15) is 59.7 Å². The van der Waals surface area contributed by atoms with Crippen LogP contribution in [0.2, 0.25) is 0 Å². The molecule has 21 heavy (non-hydrogen) atoms. The van der Waals surface area contributed by atoms with E-state index in [9.17, 15) is 4.79 Å². The first-order valence-corrected chi connectivity index (χ1v) is 8.21. The van der Waals surface area contributed by atoms with Gasteiger partial charge in [-0.2, -0.15) is 0 Å². The topological polar surface area (TPSA) is 20.3 Å². The van der Waals surface area contributed by atoms with Crippen LogP contribution in [-0.2, 0) is 0 Å². The van der Waals surface area contributed by atoms with Gasteiger partial charge in [-0.1, -0.05) is 25.8 Å². The zero-order chi connectivity index (χ0) is 15.6. The van der Waals surface area contributed by atoms with E-state index in [4.69, 9.17) is 0 Å². The van der Waals surface area contributed by atoms with Gasteiger partial charge in [0.05, 0.1) is 6.54 Å². The summed E-state index contributed by atoms with van der Waals surface area (Å²) in [7, 11) is 2.11. The fourth-order valence-electron chi connectivity index (χ4n) is 3.64. The number of nitrogens with zero attached hydrogens (tertiary/aromatic N) is 1. The normalized spacial score (nSPS) is 22.6. The van der Waals surface area contributed by atoms with E-state index in [0.717, 1.165) is 11.1 Å². The van der Waals surface area contributed by atoms with Crippen LogP contribution in [0.25, 0.3) is 0 Å². The van der Waals surface area contributed by atoms with Gasteiger partial charge in [-0.05, 0) is 69.3 Å². The summed E-state index contributed by atoms with van der Waals surface area (Å²) in [6.07, 6.45) is 5.18. The van der Waals surface area contributed by atoms with Gasteiger partial charge in [-0.25, -0.2) is 0 Å². The van der Waals surface area contributed by atoms with Crippen molar-refractivity contribution in [3.05, 3.63) is 34.4 Å². The lowest BCUT2D eigenvalue weighted by Gasteiger charge is -2.36. The van der Waals surface area contributed by atoms with Crippen molar-refractivity contribution in [2.75, 3.05) is 13.6 Å². The fraction of sp³-hybridized carbons (Fsp3) is 0.632. The monoisotopic (exact) mass is 287 g/mol. The SMILES string of the molecule is Cc1cc(C)c(C(=O)CN(C)C2CCCCC2C)cc1C. The van der Waals surface area contributed by atoms with Crippen LogP contribution in [0.4, 0.5) is 0 Å². The van der Waals surface area contributed by atoms with Gasteiger partial charge < -0.3 is 0 Å². The van der Waals surface area contributed by atoms with Crippen LogP contribution in [0.5, 0.6) is 0 Å². The molecule has 0 bridgehead atoms. The van der Waals surface area contributed by atoms with Crippen LogP contribution in [0.15, 0.2) is 12.1 Å². The lowest BCUT2D eigenvalue weighted by Crippen LogP contribution is -2.41. The van der Waals surface area contributed by atoms with Crippen molar-refractivity contribution in [2.45, 2.75) is 59.4 Å². The summed E-state index contributed by atoms with van der Waals surface area (Å²) in [5, 5.41) is 0. The van der Waals surface area contributed by atoms with Crippen LogP contribution >= 0.6 is 0 Å². The summed E-state index contributed by atoms with van der Waals surface area (Å²) in [6.45, 7) is 9.10. The number of benzene rings is 1. The molecular weight excluding hydrogens is 258 g/mol. The molecule has 116 valence electrons. The molecule has 0 N–H and O–H groups in total. The Kier molecular flexibility index (Phi) is 5.21. The molecule has 1 aromatic rings. The van der Waals surface area contributed by atoms with Gasteiger partial charge in [-0.3, -0.25) is 9.69 Å². The second kappa shape index (κ2) is 6.74. The lowest BCUT2D eigenvalue weighted by atomic mass is 9.85. The van der Waals surface area contributed by atoms with Gasteiger partial charge in [0.25, 0.3) is 0 Å². The number of carbonyl (C=O) groups is 1. The molecule has 1 aliphatic carbocycles. The maximum atomic E-state index is 12.6. The number of carbonyl (C=O) groups excluding carboxylic acids is 1. The highest BCUT2D eigenvalue weighted by Crippen LogP contribution is 2.27. The summed E-state index contributed by atoms with van der Waals surface area (Å²) in [6, 6.07) is 4.76. The van der Waals surface area contributed by atoms with Crippen LogP contribution < -0.4 is 0 Å². The van der Waals surface area contributed by atoms with Crippen molar-refractivity contribution in [2.24, 2.45) is 5.92 Å². The fourth-order valence-corrected chi connectivity index (χ4v) is 3.64. The van der Waals surface area contributed by atoms with Crippen molar-refractivity contribution in [3.63, 3.8) is 0 Å². The van der Waals surface area contributed by atoms with E-state index in [1.54, 1.807) is 0 Å².